The largest absolute Gasteiger partial charge is 0.326 e. The molecule has 0 unspecified atom stereocenters. The van der Waals surface area contributed by atoms with Gasteiger partial charge in [0.1, 0.15) is 5.82 Å². The van der Waals surface area contributed by atoms with E-state index in [1.165, 1.54) is 29.3 Å². The van der Waals surface area contributed by atoms with Crippen molar-refractivity contribution in [3.05, 3.63) is 102 Å². The van der Waals surface area contributed by atoms with Gasteiger partial charge in [0.15, 0.2) is 0 Å². The van der Waals surface area contributed by atoms with E-state index < -0.39 is 17.8 Å². The van der Waals surface area contributed by atoms with Crippen LogP contribution in [0.15, 0.2) is 84.9 Å². The van der Waals surface area contributed by atoms with Gasteiger partial charge in [-0.15, -0.1) is 0 Å². The van der Waals surface area contributed by atoms with Crippen molar-refractivity contribution in [2.75, 3.05) is 38.0 Å². The van der Waals surface area contributed by atoms with Gasteiger partial charge in [-0.3, -0.25) is 19.9 Å². The molecular weight excluding hydrogens is 419 g/mol. The Kier molecular flexibility index (Phi) is 7.44. The summed E-state index contributed by atoms with van der Waals surface area (Å²) in [6, 6.07) is 26.1. The summed E-state index contributed by atoms with van der Waals surface area (Å²) in [6.45, 7) is 3.11. The molecule has 6 nitrogen and oxygen atoms in total. The molecule has 170 valence electrons. The standard InChI is InChI=1S/C26H27FN4O2/c27-22-13-7-8-14-23(22)28-26(33)29-24(32)19-30-15-17-31(18-16-30)25(20-9-3-1-4-10-20)21-11-5-2-6-12-21/h1-14,25H,15-19H2,(H2,28,29,32,33). The minimum absolute atomic E-state index is 0.0317. The van der Waals surface area contributed by atoms with Crippen LogP contribution in [0.25, 0.3) is 0 Å². The lowest BCUT2D eigenvalue weighted by atomic mass is 9.96. The normalized spacial score (nSPS) is 14.7. The number of nitrogens with zero attached hydrogens (tertiary/aromatic N) is 2. The lowest BCUT2D eigenvalue weighted by molar-refractivity contribution is -0.121. The van der Waals surface area contributed by atoms with Crippen molar-refractivity contribution in [2.24, 2.45) is 0 Å². The van der Waals surface area contributed by atoms with Crippen LogP contribution < -0.4 is 10.6 Å². The van der Waals surface area contributed by atoms with Crippen LogP contribution in [-0.4, -0.2) is 54.5 Å². The molecule has 3 aromatic carbocycles. The average molecular weight is 447 g/mol. The molecule has 1 aliphatic rings. The molecule has 1 heterocycles. The van der Waals surface area contributed by atoms with Crippen LogP contribution in [0.1, 0.15) is 17.2 Å². The molecule has 0 atom stereocenters. The highest BCUT2D eigenvalue weighted by Gasteiger charge is 2.27. The van der Waals surface area contributed by atoms with Crippen molar-refractivity contribution in [3.8, 4) is 0 Å². The molecule has 2 N–H and O–H groups in total. The molecule has 1 saturated heterocycles. The number of para-hydroxylation sites is 1. The molecule has 3 amide bonds. The second-order valence-electron chi connectivity index (χ2n) is 8.02. The molecular formula is C26H27FN4O2. The van der Waals surface area contributed by atoms with Gasteiger partial charge in [0.05, 0.1) is 18.3 Å². The van der Waals surface area contributed by atoms with Crippen molar-refractivity contribution in [1.82, 2.24) is 15.1 Å². The third kappa shape index (κ3) is 6.03. The molecule has 7 heteroatoms. The van der Waals surface area contributed by atoms with Gasteiger partial charge in [0, 0.05) is 26.2 Å². The number of hydrogen-bond donors (Lipinski definition) is 2. The van der Waals surface area contributed by atoms with E-state index in [2.05, 4.69) is 64.1 Å². The molecule has 3 aromatic rings. The maximum Gasteiger partial charge on any atom is 0.326 e. The Morgan fingerprint density at radius 3 is 1.91 bits per heavy atom. The number of benzene rings is 3. The van der Waals surface area contributed by atoms with Gasteiger partial charge in [-0.2, -0.15) is 0 Å². The van der Waals surface area contributed by atoms with E-state index >= 15 is 0 Å². The molecule has 0 radical (unpaired) electrons. The molecule has 1 fully saturated rings. The fraction of sp³-hybridized carbons (Fsp3) is 0.231. The first kappa shape index (κ1) is 22.6. The predicted molar refractivity (Wildman–Crippen MR) is 126 cm³/mol. The van der Waals surface area contributed by atoms with Gasteiger partial charge in [-0.25, -0.2) is 9.18 Å². The minimum Gasteiger partial charge on any atom is -0.305 e. The Labute approximate surface area is 193 Å². The summed E-state index contributed by atoms with van der Waals surface area (Å²) >= 11 is 0. The van der Waals surface area contributed by atoms with Crippen LogP contribution in [0, 0.1) is 5.82 Å². The first-order valence-corrected chi connectivity index (χ1v) is 11.0. The number of rotatable bonds is 6. The smallest absolute Gasteiger partial charge is 0.305 e. The van der Waals surface area contributed by atoms with Gasteiger partial charge < -0.3 is 5.32 Å². The summed E-state index contributed by atoms with van der Waals surface area (Å²) in [5.74, 6) is -0.970. The maximum absolute atomic E-state index is 13.7. The molecule has 33 heavy (non-hydrogen) atoms. The van der Waals surface area contributed by atoms with E-state index in [1.807, 2.05) is 17.0 Å². The maximum atomic E-state index is 13.7. The third-order valence-electron chi connectivity index (χ3n) is 5.74. The number of carbonyl (C=O) groups excluding carboxylic acids is 2. The van der Waals surface area contributed by atoms with E-state index in [9.17, 15) is 14.0 Å². The van der Waals surface area contributed by atoms with Crippen molar-refractivity contribution < 1.29 is 14.0 Å². The second kappa shape index (κ2) is 10.8. The quantitative estimate of drug-likeness (QED) is 0.603. The number of amides is 3. The van der Waals surface area contributed by atoms with Crippen molar-refractivity contribution in [1.29, 1.82) is 0 Å². The van der Waals surface area contributed by atoms with Crippen LogP contribution >= 0.6 is 0 Å². The summed E-state index contributed by atoms with van der Waals surface area (Å²) < 4.78 is 13.7. The number of carbonyl (C=O) groups is 2. The molecule has 1 aliphatic heterocycles. The van der Waals surface area contributed by atoms with E-state index in [0.29, 0.717) is 13.1 Å². The first-order valence-electron chi connectivity index (χ1n) is 11.0. The minimum atomic E-state index is -0.739. The van der Waals surface area contributed by atoms with Crippen LogP contribution in [0.3, 0.4) is 0 Å². The Balaban J connectivity index is 1.32. The molecule has 0 aliphatic carbocycles. The molecule has 0 saturated carbocycles. The van der Waals surface area contributed by atoms with Gasteiger partial charge in [-0.05, 0) is 23.3 Å². The molecule has 0 aromatic heterocycles. The summed E-state index contributed by atoms with van der Waals surface area (Å²) in [5, 5.41) is 4.64. The van der Waals surface area contributed by atoms with E-state index in [-0.39, 0.29) is 18.3 Å². The monoisotopic (exact) mass is 446 g/mol. The number of imide groups is 1. The van der Waals surface area contributed by atoms with E-state index in [4.69, 9.17) is 0 Å². The van der Waals surface area contributed by atoms with Crippen molar-refractivity contribution in [3.63, 3.8) is 0 Å². The van der Waals surface area contributed by atoms with Crippen LogP contribution in [-0.2, 0) is 4.79 Å². The van der Waals surface area contributed by atoms with Crippen LogP contribution in [0.4, 0.5) is 14.9 Å². The Morgan fingerprint density at radius 1 is 0.788 bits per heavy atom. The average Bonchev–Trinajstić information content (AvgIpc) is 2.83. The Hall–Kier alpha value is -3.55. The summed E-state index contributed by atoms with van der Waals surface area (Å²) in [7, 11) is 0. The second-order valence-corrected chi connectivity index (χ2v) is 8.02. The number of urea groups is 1. The predicted octanol–water partition coefficient (Wildman–Crippen LogP) is 3.88. The summed E-state index contributed by atoms with van der Waals surface area (Å²) in [4.78, 5) is 28.8. The zero-order chi connectivity index (χ0) is 23.0. The van der Waals surface area contributed by atoms with Gasteiger partial charge >= 0.3 is 6.03 Å². The first-order chi connectivity index (χ1) is 16.1. The number of nitrogens with one attached hydrogen (secondary N) is 2. The van der Waals surface area contributed by atoms with Gasteiger partial charge in [-0.1, -0.05) is 72.8 Å². The lowest BCUT2D eigenvalue weighted by Gasteiger charge is -2.39. The van der Waals surface area contributed by atoms with Gasteiger partial charge in [0.25, 0.3) is 0 Å². The molecule has 4 rings (SSSR count). The third-order valence-corrected chi connectivity index (χ3v) is 5.74. The number of piperazine rings is 1. The fourth-order valence-electron chi connectivity index (χ4n) is 4.15. The van der Waals surface area contributed by atoms with Crippen LogP contribution in [0.2, 0.25) is 0 Å². The van der Waals surface area contributed by atoms with Gasteiger partial charge in [0.2, 0.25) is 5.91 Å². The zero-order valence-corrected chi connectivity index (χ0v) is 18.3. The fourth-order valence-corrected chi connectivity index (χ4v) is 4.15. The Morgan fingerprint density at radius 2 is 1.33 bits per heavy atom. The van der Waals surface area contributed by atoms with Crippen LogP contribution in [0.5, 0.6) is 0 Å². The van der Waals surface area contributed by atoms with Crippen molar-refractivity contribution >= 4 is 17.6 Å². The highest BCUT2D eigenvalue weighted by atomic mass is 19.1. The lowest BCUT2D eigenvalue weighted by Crippen LogP contribution is -2.51. The number of hydrogen-bond acceptors (Lipinski definition) is 4. The molecule has 0 spiro atoms. The SMILES string of the molecule is O=C(CN1CCN(C(c2ccccc2)c2ccccc2)CC1)NC(=O)Nc1ccccc1F. The zero-order valence-electron chi connectivity index (χ0n) is 18.3. The summed E-state index contributed by atoms with van der Waals surface area (Å²) in [5.41, 5.74) is 2.50. The number of halogens is 1. The van der Waals surface area contributed by atoms with E-state index in [0.717, 1.165) is 13.1 Å². The topological polar surface area (TPSA) is 64.7 Å². The van der Waals surface area contributed by atoms with E-state index in [1.54, 1.807) is 6.07 Å². The molecule has 0 bridgehead atoms. The highest BCUT2D eigenvalue weighted by Crippen LogP contribution is 2.29. The number of anilines is 1. The summed E-state index contributed by atoms with van der Waals surface area (Å²) in [6.07, 6.45) is 0. The van der Waals surface area contributed by atoms with Crippen molar-refractivity contribution in [2.45, 2.75) is 6.04 Å². The highest BCUT2D eigenvalue weighted by molar-refractivity contribution is 6.01. The Bertz CT molecular complexity index is 1030.